The smallest absolute Gasteiger partial charge is 0.437 e. The molecule has 3 rings (SSSR count). The van der Waals surface area contributed by atoms with Crippen molar-refractivity contribution in [2.75, 3.05) is 0 Å². The van der Waals surface area contributed by atoms with E-state index in [0.717, 1.165) is 27.8 Å². The predicted molar refractivity (Wildman–Crippen MR) is 82.1 cm³/mol. The Morgan fingerprint density at radius 1 is 1.27 bits per heavy atom. The third kappa shape index (κ3) is 2.45. The summed E-state index contributed by atoms with van der Waals surface area (Å²) in [5.74, 6) is 0.914. The average Bonchev–Trinajstić information content (AvgIpc) is 2.84. The molecule has 0 amide bonds. The van der Waals surface area contributed by atoms with Crippen molar-refractivity contribution in [1.82, 2.24) is 4.98 Å². The van der Waals surface area contributed by atoms with Crippen LogP contribution in [0.25, 0.3) is 0 Å². The zero-order valence-corrected chi connectivity index (χ0v) is 12.7. The summed E-state index contributed by atoms with van der Waals surface area (Å²) < 4.78 is 11.1. The van der Waals surface area contributed by atoms with Crippen LogP contribution in [0.4, 0.5) is 0 Å². The lowest BCUT2D eigenvalue weighted by atomic mass is 9.79. The number of nitriles is 1. The van der Waals surface area contributed by atoms with Crippen molar-refractivity contribution in [2.45, 2.75) is 27.4 Å². The fraction of sp³-hybridized carbons (Fsp3) is 0.250. The molecule has 1 aromatic heterocycles. The molecule has 0 saturated carbocycles. The molecule has 2 heterocycles. The van der Waals surface area contributed by atoms with Crippen molar-refractivity contribution in [3.8, 4) is 17.7 Å². The number of aryl methyl sites for hydroxylation is 3. The van der Waals surface area contributed by atoms with Gasteiger partial charge in [0.15, 0.2) is 0 Å². The second-order valence-electron chi connectivity index (χ2n) is 5.44. The molecule has 22 heavy (non-hydrogen) atoms. The number of pyridine rings is 1. The zero-order valence-electron chi connectivity index (χ0n) is 12.7. The van der Waals surface area contributed by atoms with Crippen molar-refractivity contribution < 1.29 is 14.4 Å². The topological polar surface area (TPSA) is 75.4 Å². The number of fused-ring (bicyclic) bond motifs is 1. The summed E-state index contributed by atoms with van der Waals surface area (Å²) in [4.78, 5) is 4.36. The number of hydrogen-bond acceptors (Lipinski definition) is 5. The molecule has 1 N–H and O–H groups in total. The van der Waals surface area contributed by atoms with Crippen LogP contribution >= 0.6 is 0 Å². The highest BCUT2D eigenvalue weighted by atomic mass is 16.5. The summed E-state index contributed by atoms with van der Waals surface area (Å²) >= 11 is 0. The van der Waals surface area contributed by atoms with Gasteiger partial charge >= 0.3 is 7.12 Å². The first-order chi connectivity index (χ1) is 10.5. The van der Waals surface area contributed by atoms with E-state index in [9.17, 15) is 10.3 Å². The lowest BCUT2D eigenvalue weighted by Gasteiger charge is -2.12. The van der Waals surface area contributed by atoms with E-state index >= 15 is 0 Å². The molecular formula is C16H15BN2O3. The SMILES string of the molecule is Cc1cc2c(cc1Oc1nc(C)c(C)cc1C#N)COB2O. The maximum atomic E-state index is 9.72. The van der Waals surface area contributed by atoms with Crippen molar-refractivity contribution >= 4 is 12.6 Å². The van der Waals surface area contributed by atoms with Gasteiger partial charge in [-0.25, -0.2) is 4.98 Å². The molecule has 0 fully saturated rings. The largest absolute Gasteiger partial charge is 0.491 e. The Morgan fingerprint density at radius 2 is 2.05 bits per heavy atom. The molecule has 0 bridgehead atoms. The van der Waals surface area contributed by atoms with Crippen LogP contribution in [-0.4, -0.2) is 17.1 Å². The first-order valence-corrected chi connectivity index (χ1v) is 6.99. The minimum absolute atomic E-state index is 0.299. The molecule has 1 aromatic carbocycles. The lowest BCUT2D eigenvalue weighted by Crippen LogP contribution is -2.28. The van der Waals surface area contributed by atoms with Gasteiger partial charge < -0.3 is 14.4 Å². The van der Waals surface area contributed by atoms with Crippen LogP contribution in [0.3, 0.4) is 0 Å². The Kier molecular flexibility index (Phi) is 3.61. The third-order valence-electron chi connectivity index (χ3n) is 3.86. The first-order valence-electron chi connectivity index (χ1n) is 6.99. The summed E-state index contributed by atoms with van der Waals surface area (Å²) in [6.07, 6.45) is 0. The molecule has 2 aromatic rings. The Hall–Kier alpha value is -2.36. The highest BCUT2D eigenvalue weighted by Crippen LogP contribution is 2.29. The van der Waals surface area contributed by atoms with Crippen LogP contribution in [0.1, 0.15) is 27.9 Å². The minimum Gasteiger partial charge on any atom is -0.437 e. The van der Waals surface area contributed by atoms with Gasteiger partial charge in [-0.2, -0.15) is 5.26 Å². The molecule has 0 spiro atoms. The van der Waals surface area contributed by atoms with E-state index in [2.05, 4.69) is 11.1 Å². The Morgan fingerprint density at radius 3 is 2.77 bits per heavy atom. The summed E-state index contributed by atoms with van der Waals surface area (Å²) in [7, 11) is -0.878. The Bertz CT molecular complexity index is 799. The van der Waals surface area contributed by atoms with Gasteiger partial charge in [0.05, 0.1) is 6.61 Å². The molecule has 1 aliphatic heterocycles. The third-order valence-corrected chi connectivity index (χ3v) is 3.86. The van der Waals surface area contributed by atoms with Gasteiger partial charge in [0.2, 0.25) is 5.88 Å². The molecule has 0 saturated heterocycles. The van der Waals surface area contributed by atoms with Crippen LogP contribution in [0.5, 0.6) is 11.6 Å². The number of rotatable bonds is 2. The van der Waals surface area contributed by atoms with Crippen molar-refractivity contribution in [1.29, 1.82) is 5.26 Å². The summed E-state index contributed by atoms with van der Waals surface area (Å²) in [6, 6.07) is 7.56. The number of ether oxygens (including phenoxy) is 1. The number of aromatic nitrogens is 1. The summed E-state index contributed by atoms with van der Waals surface area (Å²) in [5.41, 5.74) is 4.68. The molecule has 5 nitrogen and oxygen atoms in total. The maximum Gasteiger partial charge on any atom is 0.491 e. The number of benzene rings is 1. The molecule has 0 aliphatic carbocycles. The van der Waals surface area contributed by atoms with Gasteiger partial charge in [0.1, 0.15) is 17.4 Å². The van der Waals surface area contributed by atoms with Gasteiger partial charge in [-0.15, -0.1) is 0 Å². The molecule has 0 radical (unpaired) electrons. The zero-order chi connectivity index (χ0) is 15.9. The van der Waals surface area contributed by atoms with E-state index in [-0.39, 0.29) is 0 Å². The molecule has 0 unspecified atom stereocenters. The van der Waals surface area contributed by atoms with Crippen LogP contribution in [0.2, 0.25) is 0 Å². The average molecular weight is 294 g/mol. The van der Waals surface area contributed by atoms with Crippen LogP contribution in [-0.2, 0) is 11.3 Å². The van der Waals surface area contributed by atoms with Gasteiger partial charge in [-0.3, -0.25) is 0 Å². The second kappa shape index (κ2) is 5.45. The molecule has 6 heteroatoms. The number of nitrogens with zero attached hydrogens (tertiary/aromatic N) is 2. The molecule has 110 valence electrons. The van der Waals surface area contributed by atoms with Crippen molar-refractivity contribution in [2.24, 2.45) is 0 Å². The second-order valence-corrected chi connectivity index (χ2v) is 5.44. The Balaban J connectivity index is 2.01. The van der Waals surface area contributed by atoms with Crippen LogP contribution in [0.15, 0.2) is 18.2 Å². The molecule has 0 atom stereocenters. The summed E-state index contributed by atoms with van der Waals surface area (Å²) in [5, 5.41) is 19.0. The van der Waals surface area contributed by atoms with Gasteiger partial charge in [0, 0.05) is 5.69 Å². The van der Waals surface area contributed by atoms with E-state index in [1.165, 1.54) is 0 Å². The predicted octanol–water partition coefficient (Wildman–Crippen LogP) is 1.89. The Labute approximate surface area is 129 Å². The molecule has 1 aliphatic rings. The fourth-order valence-corrected chi connectivity index (χ4v) is 2.42. The van der Waals surface area contributed by atoms with Crippen LogP contribution in [0, 0.1) is 32.1 Å². The summed E-state index contributed by atoms with van der Waals surface area (Å²) in [6.45, 7) is 6.02. The molecular weight excluding hydrogens is 279 g/mol. The van der Waals surface area contributed by atoms with E-state index in [4.69, 9.17) is 9.39 Å². The normalized spacial score (nSPS) is 13.0. The highest BCUT2D eigenvalue weighted by Gasteiger charge is 2.28. The maximum absolute atomic E-state index is 9.72. The van der Waals surface area contributed by atoms with E-state index in [0.29, 0.717) is 23.8 Å². The highest BCUT2D eigenvalue weighted by molar-refractivity contribution is 6.61. The van der Waals surface area contributed by atoms with E-state index < -0.39 is 7.12 Å². The van der Waals surface area contributed by atoms with Crippen molar-refractivity contribution in [3.63, 3.8) is 0 Å². The standard InChI is InChI=1S/C16H15BN2O3/c1-9-4-12(7-18)16(19-11(9)3)22-15-6-13-8-21-17(20)14(13)5-10(15)2/h4-6,20H,8H2,1-3H3. The van der Waals surface area contributed by atoms with Gasteiger partial charge in [-0.05, 0) is 55.1 Å². The number of hydrogen-bond donors (Lipinski definition) is 1. The van der Waals surface area contributed by atoms with Gasteiger partial charge in [0.25, 0.3) is 0 Å². The fourth-order valence-electron chi connectivity index (χ4n) is 2.42. The quantitative estimate of drug-likeness (QED) is 0.856. The minimum atomic E-state index is -0.878. The van der Waals surface area contributed by atoms with Crippen molar-refractivity contribution in [3.05, 3.63) is 46.1 Å². The van der Waals surface area contributed by atoms with Crippen LogP contribution < -0.4 is 10.2 Å². The first kappa shape index (κ1) is 14.6. The monoisotopic (exact) mass is 294 g/mol. The van der Waals surface area contributed by atoms with E-state index in [1.54, 1.807) is 6.07 Å². The lowest BCUT2D eigenvalue weighted by molar-refractivity contribution is 0.275. The van der Waals surface area contributed by atoms with Gasteiger partial charge in [-0.1, -0.05) is 6.07 Å². The van der Waals surface area contributed by atoms with E-state index in [1.807, 2.05) is 32.9 Å².